The smallest absolute Gasteiger partial charge is 0.252 e. The Kier molecular flexibility index (Phi) is 6.15. The molecule has 4 heteroatoms. The lowest BCUT2D eigenvalue weighted by molar-refractivity contribution is -0.418. The molecule has 0 amide bonds. The average molecular weight is 309 g/mol. The summed E-state index contributed by atoms with van der Waals surface area (Å²) in [6, 6.07) is 9.65. The van der Waals surface area contributed by atoms with Crippen LogP contribution >= 0.6 is 35.7 Å². The van der Waals surface area contributed by atoms with E-state index in [2.05, 4.69) is 0 Å². The monoisotopic (exact) mass is 309 g/mol. The molecule has 0 saturated carbocycles. The molecule has 13 heavy (non-hydrogen) atoms. The molecule has 0 bridgehead atoms. The van der Waals surface area contributed by atoms with Gasteiger partial charge < -0.3 is 5.21 Å². The van der Waals surface area contributed by atoms with Crippen LogP contribution < -0.4 is 0 Å². The lowest BCUT2D eigenvalue weighted by Gasteiger charge is -2.03. The van der Waals surface area contributed by atoms with Crippen molar-refractivity contribution in [3.8, 4) is 0 Å². The summed E-state index contributed by atoms with van der Waals surface area (Å²) < 4.78 is 0.889. The van der Waals surface area contributed by atoms with Gasteiger partial charge in [0.1, 0.15) is 7.05 Å². The Morgan fingerprint density at radius 2 is 1.85 bits per heavy atom. The maximum Gasteiger partial charge on any atom is 0.252 e. The third-order valence-electron chi connectivity index (χ3n) is 1.50. The number of hydrogen-bond acceptors (Lipinski definition) is 2. The third-order valence-corrected chi connectivity index (χ3v) is 2.38. The first-order chi connectivity index (χ1) is 5.75. The molecular formula is C9H12INOS. The number of hydrogen-bond donors (Lipinski definition) is 0. The van der Waals surface area contributed by atoms with Crippen molar-refractivity contribution in [2.24, 2.45) is 0 Å². The van der Waals surface area contributed by atoms with E-state index in [1.54, 1.807) is 0 Å². The molecule has 72 valence electrons. The number of rotatable bonds is 1. The van der Waals surface area contributed by atoms with Crippen LogP contribution in [0.25, 0.3) is 0 Å². The highest BCUT2D eigenvalue weighted by atomic mass is 127. The molecule has 0 aliphatic heterocycles. The molecule has 0 aromatic heterocycles. The zero-order valence-electron chi connectivity index (χ0n) is 7.56. The second kappa shape index (κ2) is 6.26. The zero-order chi connectivity index (χ0) is 8.97. The van der Waals surface area contributed by atoms with E-state index >= 15 is 0 Å². The van der Waals surface area contributed by atoms with Gasteiger partial charge in [-0.1, -0.05) is 30.0 Å². The van der Waals surface area contributed by atoms with Gasteiger partial charge in [0.05, 0.1) is 5.56 Å². The van der Waals surface area contributed by atoms with Crippen molar-refractivity contribution >= 4 is 40.8 Å². The van der Waals surface area contributed by atoms with Gasteiger partial charge in [0, 0.05) is 0 Å². The molecule has 0 aliphatic carbocycles. The van der Waals surface area contributed by atoms with E-state index in [-0.39, 0.29) is 24.0 Å². The molecule has 1 aromatic carbocycles. The van der Waals surface area contributed by atoms with Gasteiger partial charge in [-0.3, -0.25) is 0 Å². The summed E-state index contributed by atoms with van der Waals surface area (Å²) >= 11 is 1.46. The Bertz CT molecular complexity index is 283. The van der Waals surface area contributed by atoms with E-state index in [0.717, 1.165) is 15.3 Å². The summed E-state index contributed by atoms with van der Waals surface area (Å²) in [5.74, 6) is 0. The lowest BCUT2D eigenvalue weighted by atomic mass is 10.2. The van der Waals surface area contributed by atoms with Crippen molar-refractivity contribution in [3.05, 3.63) is 41.1 Å². The molecule has 0 spiro atoms. The average Bonchev–Trinajstić information content (AvgIpc) is 2.07. The molecule has 0 aliphatic rings. The molecule has 0 unspecified atom stereocenters. The van der Waals surface area contributed by atoms with E-state index in [1.165, 1.54) is 18.8 Å². The molecule has 2 nitrogen and oxygen atoms in total. The Morgan fingerprint density at radius 3 is 2.23 bits per heavy atom. The first-order valence-corrected chi connectivity index (χ1v) is 4.85. The van der Waals surface area contributed by atoms with Crippen LogP contribution in [0, 0.1) is 5.21 Å². The highest BCUT2D eigenvalue weighted by molar-refractivity contribution is 14.0. The first-order valence-electron chi connectivity index (χ1n) is 3.63. The molecule has 0 N–H and O–H groups in total. The molecule has 0 heterocycles. The minimum atomic E-state index is 0. The van der Waals surface area contributed by atoms with Crippen molar-refractivity contribution < 1.29 is 4.74 Å². The van der Waals surface area contributed by atoms with E-state index in [0.29, 0.717) is 0 Å². The zero-order valence-corrected chi connectivity index (χ0v) is 10.7. The van der Waals surface area contributed by atoms with Crippen LogP contribution in [0.15, 0.2) is 30.3 Å². The van der Waals surface area contributed by atoms with Gasteiger partial charge in [-0.2, -0.15) is 0 Å². The molecule has 0 atom stereocenters. The topological polar surface area (TPSA) is 26.1 Å². The van der Waals surface area contributed by atoms with Crippen LogP contribution in [0.1, 0.15) is 5.56 Å². The van der Waals surface area contributed by atoms with Crippen molar-refractivity contribution in [2.75, 3.05) is 13.3 Å². The number of benzene rings is 1. The Hall–Kier alpha value is -0.230. The van der Waals surface area contributed by atoms with Gasteiger partial charge in [-0.05, 0) is 18.4 Å². The second-order valence-electron chi connectivity index (χ2n) is 2.37. The van der Waals surface area contributed by atoms with E-state index in [9.17, 15) is 5.21 Å². The fourth-order valence-corrected chi connectivity index (χ4v) is 1.64. The first kappa shape index (κ1) is 12.8. The minimum Gasteiger partial charge on any atom is -0.623 e. The van der Waals surface area contributed by atoms with Crippen molar-refractivity contribution in [3.63, 3.8) is 0 Å². The fourth-order valence-electron chi connectivity index (χ4n) is 1.01. The SMILES string of the molecule is CS/C(c1ccccc1)=[N+](/C)[O-].I. The summed E-state index contributed by atoms with van der Waals surface area (Å²) in [6.07, 6.45) is 1.90. The highest BCUT2D eigenvalue weighted by Gasteiger charge is 2.07. The van der Waals surface area contributed by atoms with Crippen LogP contribution in [0.2, 0.25) is 0 Å². The minimum absolute atomic E-state index is 0. The Balaban J connectivity index is 0.00000144. The van der Waals surface area contributed by atoms with Gasteiger partial charge in [-0.15, -0.1) is 24.0 Å². The predicted molar refractivity (Wildman–Crippen MR) is 69.0 cm³/mol. The number of thioether (sulfide) groups is 1. The van der Waals surface area contributed by atoms with Gasteiger partial charge in [0.25, 0.3) is 5.04 Å². The fraction of sp³-hybridized carbons (Fsp3) is 0.222. The summed E-state index contributed by atoms with van der Waals surface area (Å²) in [5.41, 5.74) is 0.975. The normalized spacial score (nSPS) is 11.5. The summed E-state index contributed by atoms with van der Waals surface area (Å²) in [7, 11) is 1.51. The molecule has 0 fully saturated rings. The van der Waals surface area contributed by atoms with E-state index in [1.807, 2.05) is 36.6 Å². The molecule has 0 radical (unpaired) electrons. The number of halogens is 1. The summed E-state index contributed by atoms with van der Waals surface area (Å²) in [4.78, 5) is 0. The van der Waals surface area contributed by atoms with Crippen LogP contribution in [-0.2, 0) is 0 Å². The van der Waals surface area contributed by atoms with Crippen molar-refractivity contribution in [1.29, 1.82) is 0 Å². The highest BCUT2D eigenvalue weighted by Crippen LogP contribution is 2.09. The van der Waals surface area contributed by atoms with Gasteiger partial charge in [0.2, 0.25) is 0 Å². The van der Waals surface area contributed by atoms with Crippen LogP contribution in [0.5, 0.6) is 0 Å². The molecule has 1 rings (SSSR count). The Morgan fingerprint density at radius 1 is 1.31 bits per heavy atom. The number of hydroxylamine groups is 1. The Labute approximate surface area is 99.6 Å². The number of nitrogens with zero attached hydrogens (tertiary/aromatic N) is 1. The standard InChI is InChI=1S/C9H11NOS.HI/c1-10(11)9(12-2)8-6-4-3-5-7-8;/h3-7H,1-2H3;1H/b10-9-;. The van der Waals surface area contributed by atoms with Gasteiger partial charge in [-0.25, -0.2) is 4.74 Å². The summed E-state index contributed by atoms with van der Waals surface area (Å²) in [6.45, 7) is 0. The molecule has 1 aromatic rings. The maximum absolute atomic E-state index is 11.0. The summed E-state index contributed by atoms with van der Waals surface area (Å²) in [5, 5.41) is 11.8. The molecule has 0 saturated heterocycles. The van der Waals surface area contributed by atoms with Crippen molar-refractivity contribution in [1.82, 2.24) is 0 Å². The van der Waals surface area contributed by atoms with Crippen LogP contribution in [0.4, 0.5) is 0 Å². The quantitative estimate of drug-likeness (QED) is 0.199. The van der Waals surface area contributed by atoms with Crippen LogP contribution in [0.3, 0.4) is 0 Å². The second-order valence-corrected chi connectivity index (χ2v) is 3.17. The van der Waals surface area contributed by atoms with E-state index in [4.69, 9.17) is 0 Å². The van der Waals surface area contributed by atoms with Gasteiger partial charge in [0.15, 0.2) is 0 Å². The third kappa shape index (κ3) is 3.56. The van der Waals surface area contributed by atoms with Crippen molar-refractivity contribution in [2.45, 2.75) is 0 Å². The van der Waals surface area contributed by atoms with Gasteiger partial charge >= 0.3 is 0 Å². The maximum atomic E-state index is 11.0. The van der Waals surface area contributed by atoms with Crippen LogP contribution in [-0.4, -0.2) is 23.1 Å². The van der Waals surface area contributed by atoms with E-state index < -0.39 is 0 Å². The molecular weight excluding hydrogens is 297 g/mol. The lowest BCUT2D eigenvalue weighted by Crippen LogP contribution is -2.08. The largest absolute Gasteiger partial charge is 0.623 e. The predicted octanol–water partition coefficient (Wildman–Crippen LogP) is 2.55.